The normalized spacial score (nSPS) is 0. The molecule has 0 rings (SSSR count). The van der Waals surface area contributed by atoms with E-state index in [2.05, 4.69) is 0 Å². The Morgan fingerprint density at radius 2 is 0.114 bits per heavy atom. The van der Waals surface area contributed by atoms with Crippen molar-refractivity contribution in [1.29, 1.82) is 0 Å². The van der Waals surface area contributed by atoms with Crippen LogP contribution in [0, 0.1) is 0 Å². The fourth-order valence-corrected chi connectivity index (χ4v) is 0. The van der Waals surface area contributed by atoms with E-state index in [4.69, 9.17) is 0 Å². The molecule has 0 atom stereocenters. The van der Waals surface area contributed by atoms with Gasteiger partial charge in [-0.25, -0.2) is 0 Å². The van der Waals surface area contributed by atoms with Crippen LogP contribution in [-0.4, -0.2) is 0 Å². The monoisotopic (exact) mass is 7030 g/mol. The van der Waals surface area contributed by atoms with Crippen molar-refractivity contribution in [3.05, 3.63) is 0 Å². The summed E-state index contributed by atoms with van der Waals surface area (Å²) < 4.78 is 0. The summed E-state index contributed by atoms with van der Waals surface area (Å²) in [4.78, 5) is 0. The van der Waals surface area contributed by atoms with Crippen LogP contribution < -0.4 is 0 Å². The van der Waals surface area contributed by atoms with Gasteiger partial charge in [-0.15, -0.1) is 0 Å². The molecule has 0 heterocycles. The van der Waals surface area contributed by atoms with Gasteiger partial charge in [0.1, 0.15) is 0 Å². The Bertz CT molecular complexity index is 97.4. The molecule has 35 heteroatoms. The minimum Gasteiger partial charge on any atom is 0 e. The summed E-state index contributed by atoms with van der Waals surface area (Å²) in [5, 5.41) is 0. The Morgan fingerprint density at radius 1 is 0.114 bits per heavy atom. The van der Waals surface area contributed by atoms with Crippen LogP contribution in [0.5, 0.6) is 0 Å². The van der Waals surface area contributed by atoms with Crippen molar-refractivity contribution in [2.45, 2.75) is 0 Å². The van der Waals surface area contributed by atoms with Gasteiger partial charge in [0.15, 0.2) is 0 Å². The van der Waals surface area contributed by atoms with Gasteiger partial charge in [-0.1, -0.05) is 0 Å². The average molecular weight is 7030 g/mol. The van der Waals surface area contributed by atoms with Crippen LogP contribution in [0.25, 0.3) is 0 Å². The molecule has 0 aliphatic carbocycles. The molecule has 0 aromatic rings. The fourth-order valence-electron chi connectivity index (χ4n) is 0. The summed E-state index contributed by atoms with van der Waals surface area (Å²) in [6.07, 6.45) is 0. The van der Waals surface area contributed by atoms with Crippen molar-refractivity contribution in [1.82, 2.24) is 0 Å². The van der Waals surface area contributed by atoms with Gasteiger partial charge < -0.3 is 0 Å². The minimum absolute atomic E-state index is 0. The van der Waals surface area contributed by atoms with Crippen LogP contribution in [0.15, 0.2) is 0 Å². The van der Waals surface area contributed by atoms with Crippen molar-refractivity contribution < 1.29 is 679 Å². The van der Waals surface area contributed by atoms with E-state index in [1.807, 2.05) is 0 Å². The third-order valence-corrected chi connectivity index (χ3v) is 0. The molecule has 0 N–H and O–H groups in total. The summed E-state index contributed by atoms with van der Waals surface area (Å²) in [5.74, 6) is 0. The van der Waals surface area contributed by atoms with Gasteiger partial charge in [0, 0.05) is 679 Å². The molecule has 35 heavy (non-hydrogen) atoms. The van der Waals surface area contributed by atoms with Gasteiger partial charge >= 0.3 is 0 Å². The molecular formula is H36Mt4Pt13W18. The first kappa shape index (κ1) is 459. The van der Waals surface area contributed by atoms with Crippen LogP contribution in [0.2, 0.25) is 0 Å². The molecule has 0 aliphatic rings. The van der Waals surface area contributed by atoms with Gasteiger partial charge in [-0.2, -0.15) is 0 Å². The SMILES string of the molecule is [3HH].[3HH].[3HH].[3HH].[3HH].[3HH].[3HH].[3HH].[3HH].[3HH].[3HH].[3HH].[3HH].[3HH].[3HH].[3HH].[3HH].[3HH].[Mt].[Mt].[Mt].[Mt].[Pt].[Pt].[Pt].[Pt].[Pt].[Pt].[Pt].[Pt].[Pt].[Pt].[Pt].[Pt].[Pt].[W].[W].[W].[W].[W].[W].[W].[W].[W].[W].[W].[W].[W].[W].[W].[W].[W].[W]. The minimum atomic E-state index is 0. The van der Waals surface area contributed by atoms with E-state index >= 15 is 0 Å². The molecule has 0 unspecified atom stereocenters. The van der Waals surface area contributed by atoms with Gasteiger partial charge in [0.2, 0.25) is 0 Å². The van der Waals surface area contributed by atoms with Gasteiger partial charge in [0.25, 0.3) is 0 Å². The summed E-state index contributed by atoms with van der Waals surface area (Å²) in [5.41, 5.74) is 0. The maximum absolute atomic E-state index is 0. The Labute approximate surface area is 660 Å². The standard InChI is InChI=1S/4Mt.13Pt.18W.18H2/h;;;;;;;;;;;;;;;;;;;;;;;;;;;;;;;;;;;18*1H/i;;;;;;;;;;;;;;;;;;;;;;;;;;;;;;;;;;;18*1+2. The topological polar surface area (TPSA) is 0 Å². The summed E-state index contributed by atoms with van der Waals surface area (Å²) >= 11 is 0. The van der Waals surface area contributed by atoms with E-state index < -0.39 is 0 Å². The Morgan fingerprint density at radius 3 is 0.114 bits per heavy atom. The number of hydrogen-bond acceptors (Lipinski definition) is 0. The first-order valence-electron chi connectivity index (χ1n) is 0. The first-order valence-corrected chi connectivity index (χ1v) is 0. The van der Waals surface area contributed by atoms with E-state index in [-0.39, 0.29) is 679 Å². The molecular weight excluding hydrogens is 6960 g/mol. The predicted molar refractivity (Wildman–Crippen MR) is 38.1 cm³/mol. The Hall–Kier alpha value is 17.3. The zero-order valence-corrected chi connectivity index (χ0v) is 123. The second kappa shape index (κ2) is 433. The van der Waals surface area contributed by atoms with Gasteiger partial charge in [0.05, 0.1) is 0 Å². The van der Waals surface area contributed by atoms with Crippen molar-refractivity contribution >= 4 is 0 Å². The van der Waals surface area contributed by atoms with E-state index in [1.54, 1.807) is 0 Å². The molecule has 0 radical (unpaired) electrons. The zero-order valence-electron chi connectivity index (χ0n) is 14.3. The first-order chi connectivity index (χ1) is 0. The zero-order chi connectivity index (χ0) is 0. The summed E-state index contributed by atoms with van der Waals surface area (Å²) in [7, 11) is 0. The van der Waals surface area contributed by atoms with Crippen molar-refractivity contribution in [2.24, 2.45) is 0 Å². The van der Waals surface area contributed by atoms with E-state index in [0.29, 0.717) is 0 Å². The molecule has 0 saturated carbocycles. The Kier molecular flexibility index (Phi) is 5670. The second-order valence-corrected chi connectivity index (χ2v) is 0. The second-order valence-electron chi connectivity index (χ2n) is 0. The molecule has 0 nitrogen and oxygen atoms in total. The van der Waals surface area contributed by atoms with Crippen LogP contribution in [-0.2, 0) is 653 Å². The molecule has 0 amide bonds. The largest absolute Gasteiger partial charge is 0 e. The molecule has 0 bridgehead atoms. The van der Waals surface area contributed by atoms with Crippen molar-refractivity contribution in [2.75, 3.05) is 0 Å². The van der Waals surface area contributed by atoms with Gasteiger partial charge in [-0.3, -0.25) is 0 Å². The molecule has 0 saturated heterocycles. The van der Waals surface area contributed by atoms with Crippen LogP contribution in [0.3, 0.4) is 0 Å². The van der Waals surface area contributed by atoms with E-state index in [1.165, 1.54) is 0 Å². The van der Waals surface area contributed by atoms with Crippen molar-refractivity contribution in [3.63, 3.8) is 0 Å². The third-order valence-electron chi connectivity index (χ3n) is 0. The number of rotatable bonds is 0. The predicted octanol–water partition coefficient (Wildman–Crippen LogP) is 4.35. The molecule has 0 fully saturated rings. The van der Waals surface area contributed by atoms with E-state index in [9.17, 15) is 0 Å². The van der Waals surface area contributed by atoms with Crippen molar-refractivity contribution in [3.8, 4) is 0 Å². The quantitative estimate of drug-likeness (QED) is 0.339. The molecule has 0 aliphatic heterocycles. The van der Waals surface area contributed by atoms with Crippen LogP contribution in [0.1, 0.15) is 25.7 Å². The van der Waals surface area contributed by atoms with Gasteiger partial charge in [-0.05, 0) is 0 Å². The maximum atomic E-state index is 0. The van der Waals surface area contributed by atoms with Crippen LogP contribution >= 0.6 is 0 Å². The molecule has 0 spiro atoms. The maximum Gasteiger partial charge on any atom is 0 e. The Balaban J connectivity index is 0. The van der Waals surface area contributed by atoms with E-state index in [0.717, 1.165) is 0 Å². The average Bonchev–Trinajstić information content (AvgIpc) is 0. The fraction of sp³-hybridized carbons (Fsp3) is 0. The molecule has 282 valence electrons. The number of hydrogen-bond donors (Lipinski definition) is 0. The summed E-state index contributed by atoms with van der Waals surface area (Å²) in [6, 6.07) is 0. The summed E-state index contributed by atoms with van der Waals surface area (Å²) in [6.45, 7) is 0. The molecule has 0 aromatic carbocycles. The van der Waals surface area contributed by atoms with Crippen LogP contribution in [0.4, 0.5) is 0 Å². The third kappa shape index (κ3) is 416. The molecule has 0 aromatic heterocycles. The smallest absolute Gasteiger partial charge is 0 e.